The Kier molecular flexibility index (Phi) is 3.51. The van der Waals surface area contributed by atoms with Crippen LogP contribution in [0.15, 0.2) is 30.5 Å². The maximum absolute atomic E-state index is 11.9. The summed E-state index contributed by atoms with van der Waals surface area (Å²) in [7, 11) is 0. The molecule has 1 aromatic carbocycles. The van der Waals surface area contributed by atoms with E-state index in [0.29, 0.717) is 12.2 Å². The molecule has 0 atom stereocenters. The molecule has 2 rings (SSSR count). The molecule has 0 radical (unpaired) electrons. The summed E-state index contributed by atoms with van der Waals surface area (Å²) in [6, 6.07) is 8.10. The van der Waals surface area contributed by atoms with Crippen LogP contribution < -0.4 is 0 Å². The first-order chi connectivity index (χ1) is 8.63. The zero-order valence-electron chi connectivity index (χ0n) is 10.9. The quantitative estimate of drug-likeness (QED) is 0.839. The molecular formula is C15H17NO2. The van der Waals surface area contributed by atoms with Crippen molar-refractivity contribution in [2.75, 3.05) is 6.61 Å². The van der Waals surface area contributed by atoms with Crippen molar-refractivity contribution < 1.29 is 9.53 Å². The Morgan fingerprint density at radius 3 is 2.50 bits per heavy atom. The Hall–Kier alpha value is -2.03. The molecule has 0 aliphatic carbocycles. The number of carbonyl (C=O) groups excluding carboxylic acids is 1. The van der Waals surface area contributed by atoms with Gasteiger partial charge in [0.05, 0.1) is 12.2 Å². The molecule has 1 heterocycles. The number of hydrogen-bond donors (Lipinski definition) is 1. The number of carbonyl (C=O) groups is 1. The van der Waals surface area contributed by atoms with E-state index in [1.54, 1.807) is 0 Å². The lowest BCUT2D eigenvalue weighted by Gasteiger charge is -2.05. The predicted molar refractivity (Wildman–Crippen MR) is 71.7 cm³/mol. The van der Waals surface area contributed by atoms with Crippen LogP contribution in [0.1, 0.15) is 28.5 Å². The highest BCUT2D eigenvalue weighted by atomic mass is 16.5. The van der Waals surface area contributed by atoms with Crippen molar-refractivity contribution in [1.82, 2.24) is 4.98 Å². The zero-order chi connectivity index (χ0) is 13.1. The molecule has 3 nitrogen and oxygen atoms in total. The van der Waals surface area contributed by atoms with Crippen molar-refractivity contribution >= 4 is 5.97 Å². The summed E-state index contributed by atoms with van der Waals surface area (Å²) in [5, 5.41) is 0. The molecular weight excluding hydrogens is 226 g/mol. The highest BCUT2D eigenvalue weighted by molar-refractivity contribution is 5.98. The van der Waals surface area contributed by atoms with E-state index in [9.17, 15) is 4.79 Å². The zero-order valence-corrected chi connectivity index (χ0v) is 10.9. The third-order valence-electron chi connectivity index (χ3n) is 2.92. The summed E-state index contributed by atoms with van der Waals surface area (Å²) < 4.78 is 5.09. The van der Waals surface area contributed by atoms with Gasteiger partial charge in [-0.05, 0) is 26.3 Å². The molecule has 0 spiro atoms. The third-order valence-corrected chi connectivity index (χ3v) is 2.92. The first-order valence-electron chi connectivity index (χ1n) is 6.05. The van der Waals surface area contributed by atoms with Gasteiger partial charge in [0.2, 0.25) is 0 Å². The van der Waals surface area contributed by atoms with E-state index in [0.717, 1.165) is 16.8 Å². The fraction of sp³-hybridized carbons (Fsp3) is 0.267. The maximum Gasteiger partial charge on any atom is 0.340 e. The normalized spacial score (nSPS) is 10.4. The predicted octanol–water partition coefficient (Wildman–Crippen LogP) is 3.48. The molecule has 0 saturated heterocycles. The van der Waals surface area contributed by atoms with Crippen LogP contribution in [0.2, 0.25) is 0 Å². The summed E-state index contributed by atoms with van der Waals surface area (Å²) in [5.74, 6) is -0.271. The third kappa shape index (κ3) is 2.30. The van der Waals surface area contributed by atoms with Gasteiger partial charge in [-0.1, -0.05) is 29.8 Å². The van der Waals surface area contributed by atoms with E-state index in [2.05, 4.69) is 4.98 Å². The molecule has 0 saturated carbocycles. The van der Waals surface area contributed by atoms with E-state index in [-0.39, 0.29) is 5.97 Å². The van der Waals surface area contributed by atoms with Crippen LogP contribution in [0.3, 0.4) is 0 Å². The lowest BCUT2D eigenvalue weighted by atomic mass is 10.0. The van der Waals surface area contributed by atoms with Crippen LogP contribution in [0, 0.1) is 13.8 Å². The minimum atomic E-state index is -0.271. The molecule has 0 fully saturated rings. The first-order valence-corrected chi connectivity index (χ1v) is 6.05. The summed E-state index contributed by atoms with van der Waals surface area (Å²) >= 11 is 0. The van der Waals surface area contributed by atoms with E-state index in [1.807, 2.05) is 51.2 Å². The van der Waals surface area contributed by atoms with Crippen LogP contribution >= 0.6 is 0 Å². The van der Waals surface area contributed by atoms with Gasteiger partial charge in [0.1, 0.15) is 0 Å². The largest absolute Gasteiger partial charge is 0.462 e. The number of rotatable bonds is 3. The van der Waals surface area contributed by atoms with Crippen LogP contribution in [0.5, 0.6) is 0 Å². The second-order valence-corrected chi connectivity index (χ2v) is 4.29. The van der Waals surface area contributed by atoms with Crippen molar-refractivity contribution in [1.29, 1.82) is 0 Å². The highest BCUT2D eigenvalue weighted by Crippen LogP contribution is 2.27. The summed E-state index contributed by atoms with van der Waals surface area (Å²) in [5.41, 5.74) is 4.58. The number of ether oxygens (including phenoxy) is 1. The van der Waals surface area contributed by atoms with Gasteiger partial charge in [-0.15, -0.1) is 0 Å². The van der Waals surface area contributed by atoms with E-state index in [4.69, 9.17) is 4.74 Å². The average Bonchev–Trinajstić information content (AvgIpc) is 2.72. The Morgan fingerprint density at radius 1 is 1.22 bits per heavy atom. The highest BCUT2D eigenvalue weighted by Gasteiger charge is 2.18. The van der Waals surface area contributed by atoms with Gasteiger partial charge in [-0.2, -0.15) is 0 Å². The van der Waals surface area contributed by atoms with Crippen LogP contribution in [-0.4, -0.2) is 17.6 Å². The van der Waals surface area contributed by atoms with Crippen molar-refractivity contribution in [3.8, 4) is 11.1 Å². The number of aromatic amines is 1. The smallest absolute Gasteiger partial charge is 0.340 e. The second kappa shape index (κ2) is 5.08. The van der Waals surface area contributed by atoms with Crippen molar-refractivity contribution in [3.05, 3.63) is 47.3 Å². The standard InChI is InChI=1S/C15H17NO2/c1-4-18-15(17)14-11(3)16-9-13(14)12-7-5-10(2)6-8-12/h5-9,16H,4H2,1-3H3. The second-order valence-electron chi connectivity index (χ2n) is 4.29. The average molecular weight is 243 g/mol. The van der Waals surface area contributed by atoms with Crippen molar-refractivity contribution in [2.24, 2.45) is 0 Å². The number of aromatic nitrogens is 1. The van der Waals surface area contributed by atoms with Crippen LogP contribution in [-0.2, 0) is 4.74 Å². The first kappa shape index (κ1) is 12.4. The Balaban J connectivity index is 2.45. The van der Waals surface area contributed by atoms with Gasteiger partial charge in [-0.25, -0.2) is 4.79 Å². The fourth-order valence-electron chi connectivity index (χ4n) is 1.95. The molecule has 94 valence electrons. The number of hydrogen-bond acceptors (Lipinski definition) is 2. The SMILES string of the molecule is CCOC(=O)c1c(-c2ccc(C)cc2)c[nH]c1C. The fourth-order valence-corrected chi connectivity index (χ4v) is 1.95. The van der Waals surface area contributed by atoms with E-state index >= 15 is 0 Å². The molecule has 18 heavy (non-hydrogen) atoms. The number of benzene rings is 1. The van der Waals surface area contributed by atoms with Crippen LogP contribution in [0.4, 0.5) is 0 Å². The summed E-state index contributed by atoms with van der Waals surface area (Å²) in [6.07, 6.45) is 1.85. The van der Waals surface area contributed by atoms with Crippen molar-refractivity contribution in [3.63, 3.8) is 0 Å². The van der Waals surface area contributed by atoms with Gasteiger partial charge in [0, 0.05) is 17.5 Å². The van der Waals surface area contributed by atoms with Gasteiger partial charge in [0.15, 0.2) is 0 Å². The Labute approximate surface area is 107 Å². The number of nitrogens with one attached hydrogen (secondary N) is 1. The van der Waals surface area contributed by atoms with Gasteiger partial charge >= 0.3 is 5.97 Å². The summed E-state index contributed by atoms with van der Waals surface area (Å²) in [6.45, 7) is 6.12. The number of esters is 1. The van der Waals surface area contributed by atoms with Crippen molar-refractivity contribution in [2.45, 2.75) is 20.8 Å². The molecule has 0 amide bonds. The Bertz CT molecular complexity index is 552. The Morgan fingerprint density at radius 2 is 1.89 bits per heavy atom. The molecule has 0 bridgehead atoms. The monoisotopic (exact) mass is 243 g/mol. The summed E-state index contributed by atoms with van der Waals surface area (Å²) in [4.78, 5) is 15.0. The lowest BCUT2D eigenvalue weighted by molar-refractivity contribution is 0.0526. The van der Waals surface area contributed by atoms with E-state index < -0.39 is 0 Å². The maximum atomic E-state index is 11.9. The molecule has 0 unspecified atom stereocenters. The number of H-pyrrole nitrogens is 1. The van der Waals surface area contributed by atoms with Crippen LogP contribution in [0.25, 0.3) is 11.1 Å². The molecule has 1 aromatic heterocycles. The van der Waals surface area contributed by atoms with E-state index in [1.165, 1.54) is 5.56 Å². The molecule has 0 aliphatic rings. The molecule has 2 aromatic rings. The minimum absolute atomic E-state index is 0.271. The molecule has 3 heteroatoms. The molecule has 1 N–H and O–H groups in total. The molecule has 0 aliphatic heterocycles. The van der Waals surface area contributed by atoms with Gasteiger partial charge in [0.25, 0.3) is 0 Å². The minimum Gasteiger partial charge on any atom is -0.462 e. The van der Waals surface area contributed by atoms with Gasteiger partial charge in [-0.3, -0.25) is 0 Å². The lowest BCUT2D eigenvalue weighted by Crippen LogP contribution is -2.06. The van der Waals surface area contributed by atoms with Gasteiger partial charge < -0.3 is 9.72 Å². The topological polar surface area (TPSA) is 42.1 Å². The number of aryl methyl sites for hydroxylation is 2.